The Morgan fingerprint density at radius 1 is 0.914 bits per heavy atom. The van der Waals surface area contributed by atoms with Crippen molar-refractivity contribution < 1.29 is 27.5 Å². The fourth-order valence-corrected chi connectivity index (χ4v) is 5.34. The lowest BCUT2D eigenvalue weighted by Crippen LogP contribution is -2.28. The summed E-state index contributed by atoms with van der Waals surface area (Å²) >= 11 is 0. The monoisotopic (exact) mass is 494 g/mol. The van der Waals surface area contributed by atoms with Crippen molar-refractivity contribution in [1.82, 2.24) is 4.31 Å². The van der Waals surface area contributed by atoms with E-state index in [2.05, 4.69) is 5.32 Å². The molecule has 0 radical (unpaired) electrons. The van der Waals surface area contributed by atoms with Crippen LogP contribution in [-0.2, 0) is 19.6 Å². The lowest BCUT2D eigenvalue weighted by molar-refractivity contribution is -0.125. The van der Waals surface area contributed by atoms with Crippen molar-refractivity contribution in [3.8, 4) is 5.75 Å². The Balaban J connectivity index is 1.53. The second kappa shape index (κ2) is 10.7. The molecule has 0 aliphatic carbocycles. The zero-order valence-electron chi connectivity index (χ0n) is 19.2. The standard InChI is InChI=1S/C26H26N2O6S/c1-33-22-11-7-10-21(18-22)27-25(29)24(19-8-3-2-4-9-19)34-26(30)20-12-14-23(15-13-20)35(31,32)28-16-5-6-17-28/h2-4,7-15,18,24H,5-6,16-17H2,1H3,(H,27,29). The maximum atomic E-state index is 13.1. The third kappa shape index (κ3) is 5.70. The van der Waals surface area contributed by atoms with Crippen LogP contribution in [0.1, 0.15) is 34.9 Å². The number of nitrogens with zero attached hydrogens (tertiary/aromatic N) is 1. The molecule has 8 nitrogen and oxygen atoms in total. The van der Waals surface area contributed by atoms with Gasteiger partial charge in [0, 0.05) is 30.4 Å². The number of ether oxygens (including phenoxy) is 2. The van der Waals surface area contributed by atoms with Gasteiger partial charge in [-0.15, -0.1) is 0 Å². The van der Waals surface area contributed by atoms with Crippen LogP contribution in [0.15, 0.2) is 83.8 Å². The first-order chi connectivity index (χ1) is 16.9. The highest BCUT2D eigenvalue weighted by atomic mass is 32.2. The Labute approximate surface area is 204 Å². The van der Waals surface area contributed by atoms with E-state index in [9.17, 15) is 18.0 Å². The number of anilines is 1. The number of carbonyl (C=O) groups is 2. The second-order valence-electron chi connectivity index (χ2n) is 8.05. The number of rotatable bonds is 8. The van der Waals surface area contributed by atoms with E-state index in [1.807, 2.05) is 0 Å². The molecule has 0 bridgehead atoms. The molecule has 1 heterocycles. The first-order valence-electron chi connectivity index (χ1n) is 11.2. The number of nitrogens with one attached hydrogen (secondary N) is 1. The van der Waals surface area contributed by atoms with Crippen molar-refractivity contribution in [3.63, 3.8) is 0 Å². The van der Waals surface area contributed by atoms with Crippen LogP contribution in [0, 0.1) is 0 Å². The van der Waals surface area contributed by atoms with Crippen molar-refractivity contribution in [2.75, 3.05) is 25.5 Å². The number of esters is 1. The first kappa shape index (κ1) is 24.4. The maximum absolute atomic E-state index is 13.1. The van der Waals surface area contributed by atoms with E-state index in [0.717, 1.165) is 12.8 Å². The van der Waals surface area contributed by atoms with E-state index in [0.29, 0.717) is 30.1 Å². The van der Waals surface area contributed by atoms with Gasteiger partial charge >= 0.3 is 5.97 Å². The zero-order chi connectivity index (χ0) is 24.8. The normalized spacial score (nSPS) is 14.8. The third-order valence-electron chi connectivity index (χ3n) is 5.70. The smallest absolute Gasteiger partial charge is 0.339 e. The minimum atomic E-state index is -3.59. The molecule has 4 rings (SSSR count). The van der Waals surface area contributed by atoms with Gasteiger partial charge in [-0.3, -0.25) is 4.79 Å². The Kier molecular flexibility index (Phi) is 7.48. The van der Waals surface area contributed by atoms with Crippen LogP contribution < -0.4 is 10.1 Å². The van der Waals surface area contributed by atoms with Crippen LogP contribution in [0.5, 0.6) is 5.75 Å². The molecular weight excluding hydrogens is 468 g/mol. The average Bonchev–Trinajstić information content (AvgIpc) is 3.44. The van der Waals surface area contributed by atoms with Crippen LogP contribution in [0.4, 0.5) is 5.69 Å². The van der Waals surface area contributed by atoms with Crippen LogP contribution >= 0.6 is 0 Å². The van der Waals surface area contributed by atoms with E-state index >= 15 is 0 Å². The predicted molar refractivity (Wildman–Crippen MR) is 131 cm³/mol. The van der Waals surface area contributed by atoms with Gasteiger partial charge in [0.1, 0.15) is 5.75 Å². The predicted octanol–water partition coefficient (Wildman–Crippen LogP) is 4.02. The lowest BCUT2D eigenvalue weighted by atomic mass is 10.1. The molecule has 1 fully saturated rings. The van der Waals surface area contributed by atoms with E-state index < -0.39 is 28.0 Å². The highest BCUT2D eigenvalue weighted by Gasteiger charge is 2.29. The summed E-state index contributed by atoms with van der Waals surface area (Å²) in [4.78, 5) is 26.1. The van der Waals surface area contributed by atoms with Gasteiger partial charge in [-0.2, -0.15) is 4.31 Å². The summed E-state index contributed by atoms with van der Waals surface area (Å²) < 4.78 is 37.7. The maximum Gasteiger partial charge on any atom is 0.339 e. The minimum Gasteiger partial charge on any atom is -0.497 e. The fraction of sp³-hybridized carbons (Fsp3) is 0.231. The van der Waals surface area contributed by atoms with Crippen LogP contribution in [0.3, 0.4) is 0 Å². The molecule has 35 heavy (non-hydrogen) atoms. The largest absolute Gasteiger partial charge is 0.497 e. The quantitative estimate of drug-likeness (QED) is 0.475. The number of hydrogen-bond acceptors (Lipinski definition) is 6. The molecule has 9 heteroatoms. The van der Waals surface area contributed by atoms with Crippen molar-refractivity contribution in [2.45, 2.75) is 23.8 Å². The van der Waals surface area contributed by atoms with Crippen LogP contribution in [0.2, 0.25) is 0 Å². The summed E-state index contributed by atoms with van der Waals surface area (Å²) in [7, 11) is -2.07. The summed E-state index contributed by atoms with van der Waals surface area (Å²) in [6, 6.07) is 21.1. The van der Waals surface area contributed by atoms with Gasteiger partial charge in [-0.05, 0) is 49.2 Å². The summed E-state index contributed by atoms with van der Waals surface area (Å²) in [5, 5.41) is 2.75. The van der Waals surface area contributed by atoms with E-state index in [1.54, 1.807) is 54.6 Å². The summed E-state index contributed by atoms with van der Waals surface area (Å²) in [6.07, 6.45) is 0.452. The van der Waals surface area contributed by atoms with Gasteiger partial charge in [-0.25, -0.2) is 13.2 Å². The number of carbonyl (C=O) groups excluding carboxylic acids is 2. The molecule has 1 N–H and O–H groups in total. The molecule has 182 valence electrons. The highest BCUT2D eigenvalue weighted by molar-refractivity contribution is 7.89. The van der Waals surface area contributed by atoms with Gasteiger partial charge in [0.05, 0.1) is 17.6 Å². The Hall–Kier alpha value is -3.69. The Morgan fingerprint density at radius 3 is 2.26 bits per heavy atom. The lowest BCUT2D eigenvalue weighted by Gasteiger charge is -2.19. The zero-order valence-corrected chi connectivity index (χ0v) is 20.0. The van der Waals surface area contributed by atoms with Gasteiger partial charge in [0.15, 0.2) is 0 Å². The van der Waals surface area contributed by atoms with Crippen molar-refractivity contribution in [3.05, 3.63) is 90.0 Å². The van der Waals surface area contributed by atoms with Crippen molar-refractivity contribution in [1.29, 1.82) is 0 Å². The Morgan fingerprint density at radius 2 is 1.60 bits per heavy atom. The number of hydrogen-bond donors (Lipinski definition) is 1. The number of sulfonamides is 1. The molecule has 0 spiro atoms. The van der Waals surface area contributed by atoms with Crippen molar-refractivity contribution >= 4 is 27.6 Å². The van der Waals surface area contributed by atoms with Crippen LogP contribution in [0.25, 0.3) is 0 Å². The van der Waals surface area contributed by atoms with Gasteiger partial charge in [-0.1, -0.05) is 36.4 Å². The second-order valence-corrected chi connectivity index (χ2v) is 9.99. The fourth-order valence-electron chi connectivity index (χ4n) is 3.83. The Bertz CT molecular complexity index is 1290. The first-order valence-corrected chi connectivity index (χ1v) is 12.6. The topological polar surface area (TPSA) is 102 Å². The van der Waals surface area contributed by atoms with Crippen molar-refractivity contribution in [2.24, 2.45) is 0 Å². The molecule has 3 aromatic rings. The molecule has 0 aromatic heterocycles. The molecule has 0 saturated carbocycles. The molecule has 1 unspecified atom stereocenters. The van der Waals surface area contributed by atoms with E-state index in [4.69, 9.17) is 9.47 Å². The highest BCUT2D eigenvalue weighted by Crippen LogP contribution is 2.25. The molecule has 1 aliphatic heterocycles. The van der Waals surface area contributed by atoms with E-state index in [1.165, 1.54) is 35.7 Å². The van der Waals surface area contributed by atoms with E-state index in [-0.39, 0.29) is 10.5 Å². The molecule has 1 atom stereocenters. The molecule has 1 amide bonds. The number of amides is 1. The number of methoxy groups -OCH3 is 1. The number of benzene rings is 3. The third-order valence-corrected chi connectivity index (χ3v) is 7.61. The molecule has 1 aliphatic rings. The summed E-state index contributed by atoms with van der Waals surface area (Å²) in [5.41, 5.74) is 1.12. The average molecular weight is 495 g/mol. The van der Waals surface area contributed by atoms with Gasteiger partial charge < -0.3 is 14.8 Å². The molecular formula is C26H26N2O6S. The molecule has 1 saturated heterocycles. The van der Waals surface area contributed by atoms with Crippen LogP contribution in [-0.4, -0.2) is 44.8 Å². The summed E-state index contributed by atoms with van der Waals surface area (Å²) in [5.74, 6) is -0.712. The van der Waals surface area contributed by atoms with Gasteiger partial charge in [0.2, 0.25) is 16.1 Å². The minimum absolute atomic E-state index is 0.117. The SMILES string of the molecule is COc1cccc(NC(=O)C(OC(=O)c2ccc(S(=O)(=O)N3CCCC3)cc2)c2ccccc2)c1. The molecule has 3 aromatic carbocycles. The summed E-state index contributed by atoms with van der Waals surface area (Å²) in [6.45, 7) is 0.987. The van der Waals surface area contributed by atoms with Gasteiger partial charge in [0.25, 0.3) is 5.91 Å².